The minimum Gasteiger partial charge on any atom is -0.408 e. The maximum Gasteiger partial charge on any atom is 0.476 e. The van der Waals surface area contributed by atoms with Gasteiger partial charge in [0.05, 0.1) is 34.9 Å². The Morgan fingerprint density at radius 3 is 2.43 bits per heavy atom. The third-order valence-corrected chi connectivity index (χ3v) is 5.01. The summed E-state index contributed by atoms with van der Waals surface area (Å²) in [6.07, 6.45) is 1.74. The van der Waals surface area contributed by atoms with E-state index in [0.29, 0.717) is 13.2 Å². The molecule has 0 amide bonds. The van der Waals surface area contributed by atoms with Crippen LogP contribution in [0, 0.1) is 0 Å². The second-order valence-corrected chi connectivity index (χ2v) is 8.24. The molecule has 1 saturated heterocycles. The van der Waals surface area contributed by atoms with Gasteiger partial charge in [0.1, 0.15) is 0 Å². The van der Waals surface area contributed by atoms with Gasteiger partial charge in [-0.2, -0.15) is 0 Å². The number of nitrogens with one attached hydrogen (secondary N) is 1. The molecule has 0 bridgehead atoms. The molecule has 2 rings (SSSR count). The fraction of sp³-hybridized carbons (Fsp3) is 0.600. The molecule has 6 heteroatoms. The largest absolute Gasteiger partial charge is 0.476 e. The minimum atomic E-state index is -1.13. The summed E-state index contributed by atoms with van der Waals surface area (Å²) in [5, 5.41) is 0. The number of aryl methyl sites for hydroxylation is 1. The quantitative estimate of drug-likeness (QED) is 0.819. The van der Waals surface area contributed by atoms with Crippen molar-refractivity contribution in [3.63, 3.8) is 0 Å². The molecule has 1 aliphatic rings. The van der Waals surface area contributed by atoms with Crippen molar-refractivity contribution < 1.29 is 13.5 Å². The molecule has 0 spiro atoms. The maximum atomic E-state index is 12.3. The summed E-state index contributed by atoms with van der Waals surface area (Å²) in [5.74, 6) is -0.0623. The van der Waals surface area contributed by atoms with E-state index in [4.69, 9.17) is 9.31 Å². The zero-order valence-corrected chi connectivity index (χ0v) is 13.8. The van der Waals surface area contributed by atoms with Crippen molar-refractivity contribution in [2.24, 2.45) is 0 Å². The van der Waals surface area contributed by atoms with Crippen LogP contribution in [0.1, 0.15) is 32.8 Å². The van der Waals surface area contributed by atoms with Gasteiger partial charge in [-0.3, -0.25) is 0 Å². The first-order valence-corrected chi connectivity index (χ1v) is 8.57. The van der Waals surface area contributed by atoms with Gasteiger partial charge in [0.15, 0.2) is 0 Å². The fourth-order valence-electron chi connectivity index (χ4n) is 2.14. The van der Waals surface area contributed by atoms with Gasteiger partial charge in [0.25, 0.3) is 0 Å². The molecule has 0 aliphatic carbocycles. The molecule has 1 N–H and O–H groups in total. The van der Waals surface area contributed by atoms with Crippen LogP contribution in [0.2, 0.25) is 0 Å². The molecular weight excluding hydrogens is 285 g/mol. The summed E-state index contributed by atoms with van der Waals surface area (Å²) in [6, 6.07) is 10.3. The molecule has 1 aliphatic heterocycles. The Balaban J connectivity index is 1.97. The third-order valence-electron chi connectivity index (χ3n) is 3.38. The van der Waals surface area contributed by atoms with E-state index in [0.717, 1.165) is 12.8 Å². The highest BCUT2D eigenvalue weighted by atomic mass is 32.2. The van der Waals surface area contributed by atoms with E-state index < -0.39 is 11.0 Å². The van der Waals surface area contributed by atoms with Gasteiger partial charge in [-0.1, -0.05) is 30.3 Å². The Morgan fingerprint density at radius 2 is 1.86 bits per heavy atom. The van der Waals surface area contributed by atoms with Crippen molar-refractivity contribution in [1.29, 1.82) is 0 Å². The predicted molar refractivity (Wildman–Crippen MR) is 87.2 cm³/mol. The highest BCUT2D eigenvalue weighted by Crippen LogP contribution is 2.15. The second-order valence-electron chi connectivity index (χ2n) is 6.24. The maximum absolute atomic E-state index is 12.3. The van der Waals surface area contributed by atoms with Crippen LogP contribution < -0.4 is 4.72 Å². The van der Waals surface area contributed by atoms with Crippen LogP contribution in [0.5, 0.6) is 0 Å². The molecule has 1 unspecified atom stereocenters. The summed E-state index contributed by atoms with van der Waals surface area (Å²) >= 11 is 0. The van der Waals surface area contributed by atoms with Crippen LogP contribution in [0.15, 0.2) is 30.3 Å². The van der Waals surface area contributed by atoms with Crippen molar-refractivity contribution in [2.45, 2.75) is 44.3 Å². The third kappa shape index (κ3) is 5.22. The Labute approximate surface area is 130 Å². The lowest BCUT2D eigenvalue weighted by atomic mass is 9.76. The van der Waals surface area contributed by atoms with Crippen LogP contribution in [0.25, 0.3) is 0 Å². The lowest BCUT2D eigenvalue weighted by Gasteiger charge is -2.25. The molecule has 21 heavy (non-hydrogen) atoms. The summed E-state index contributed by atoms with van der Waals surface area (Å²) in [7, 11) is -1.44. The molecule has 1 aromatic carbocycles. The molecule has 0 saturated carbocycles. The van der Waals surface area contributed by atoms with Crippen LogP contribution in [0.4, 0.5) is 0 Å². The van der Waals surface area contributed by atoms with Gasteiger partial charge in [-0.25, -0.2) is 8.93 Å². The van der Waals surface area contributed by atoms with Crippen LogP contribution in [-0.4, -0.2) is 35.2 Å². The van der Waals surface area contributed by atoms with Crippen molar-refractivity contribution in [3.8, 4) is 0 Å². The average Bonchev–Trinajstić information content (AvgIpc) is 2.97. The first kappa shape index (κ1) is 16.7. The molecule has 4 nitrogen and oxygen atoms in total. The van der Waals surface area contributed by atoms with Crippen molar-refractivity contribution in [1.82, 2.24) is 4.72 Å². The van der Waals surface area contributed by atoms with E-state index in [2.05, 4.69) is 16.9 Å². The minimum absolute atomic E-state index is 0.0623. The van der Waals surface area contributed by atoms with E-state index in [-0.39, 0.29) is 17.8 Å². The zero-order valence-electron chi connectivity index (χ0n) is 13.0. The van der Waals surface area contributed by atoms with E-state index in [1.165, 1.54) is 5.56 Å². The Bertz CT molecular complexity index is 458. The van der Waals surface area contributed by atoms with E-state index in [1.54, 1.807) is 0 Å². The summed E-state index contributed by atoms with van der Waals surface area (Å²) in [5.41, 5.74) is 1.27. The highest BCUT2D eigenvalue weighted by molar-refractivity contribution is 7.84. The molecule has 1 fully saturated rings. The summed E-state index contributed by atoms with van der Waals surface area (Å²) < 4.78 is 26.4. The Hall–Kier alpha value is -0.685. The molecule has 1 heterocycles. The molecule has 0 radical (unpaired) electrons. The standard InChI is InChI=1S/C15H24BNO3S/c1-15(2,3)21(18)17-14(16-19-11-12-20-16)10-9-13-7-5-4-6-8-13/h4-8,14,17H,9-12H2,1-3H3/t14-,21?/m0/s1. The zero-order chi connectivity index (χ0) is 15.3. The topological polar surface area (TPSA) is 47.6 Å². The Kier molecular flexibility index (Phi) is 5.99. The molecule has 1 aromatic rings. The van der Waals surface area contributed by atoms with Gasteiger partial charge in [-0.05, 0) is 39.2 Å². The number of hydrogen-bond acceptors (Lipinski definition) is 3. The van der Waals surface area contributed by atoms with Crippen LogP contribution >= 0.6 is 0 Å². The van der Waals surface area contributed by atoms with E-state index in [9.17, 15) is 4.21 Å². The lowest BCUT2D eigenvalue weighted by molar-refractivity contribution is 0.350. The van der Waals surface area contributed by atoms with E-state index in [1.807, 2.05) is 39.0 Å². The number of hydrogen-bond donors (Lipinski definition) is 1. The van der Waals surface area contributed by atoms with Gasteiger partial charge in [0, 0.05) is 0 Å². The van der Waals surface area contributed by atoms with Crippen LogP contribution in [-0.2, 0) is 26.7 Å². The number of rotatable bonds is 6. The average molecular weight is 309 g/mol. The number of benzene rings is 1. The van der Waals surface area contributed by atoms with E-state index >= 15 is 0 Å². The first-order chi connectivity index (χ1) is 9.97. The molecule has 0 aromatic heterocycles. The SMILES string of the molecule is CC(C)(C)S(=O)N[C@@H](CCc1ccccc1)B1OCCO1. The monoisotopic (exact) mass is 309 g/mol. The highest BCUT2D eigenvalue weighted by Gasteiger charge is 2.36. The smallest absolute Gasteiger partial charge is 0.408 e. The van der Waals surface area contributed by atoms with Crippen molar-refractivity contribution in [2.75, 3.05) is 13.2 Å². The van der Waals surface area contributed by atoms with Gasteiger partial charge >= 0.3 is 7.12 Å². The molecule has 2 atom stereocenters. The predicted octanol–water partition coefficient (Wildman–Crippen LogP) is 2.11. The second kappa shape index (κ2) is 7.54. The molecular formula is C15H24BNO3S. The normalized spacial score (nSPS) is 18.7. The van der Waals surface area contributed by atoms with Crippen LogP contribution in [0.3, 0.4) is 0 Å². The summed E-state index contributed by atoms with van der Waals surface area (Å²) in [4.78, 5) is 0. The van der Waals surface area contributed by atoms with Crippen molar-refractivity contribution >= 4 is 18.1 Å². The molecule has 116 valence electrons. The van der Waals surface area contributed by atoms with Gasteiger partial charge in [-0.15, -0.1) is 0 Å². The lowest BCUT2D eigenvalue weighted by Crippen LogP contribution is -2.49. The van der Waals surface area contributed by atoms with Gasteiger partial charge in [0.2, 0.25) is 0 Å². The first-order valence-electron chi connectivity index (χ1n) is 7.42. The summed E-state index contributed by atoms with van der Waals surface area (Å²) in [6.45, 7) is 7.09. The fourth-order valence-corrected chi connectivity index (χ4v) is 3.00. The van der Waals surface area contributed by atoms with Crippen molar-refractivity contribution in [3.05, 3.63) is 35.9 Å². The Morgan fingerprint density at radius 1 is 1.24 bits per heavy atom. The van der Waals surface area contributed by atoms with Gasteiger partial charge < -0.3 is 9.31 Å².